The van der Waals surface area contributed by atoms with Crippen LogP contribution in [0.25, 0.3) is 0 Å². The molecule has 0 aromatic rings. The molecule has 0 aliphatic heterocycles. The van der Waals surface area contributed by atoms with Gasteiger partial charge in [0.05, 0.1) is 0 Å². The predicted octanol–water partition coefficient (Wildman–Crippen LogP) is -3.36. The number of rotatable bonds is 0. The summed E-state index contributed by atoms with van der Waals surface area (Å²) in [4.78, 5) is 0. The summed E-state index contributed by atoms with van der Waals surface area (Å²) in [7, 11) is 0. The average Bonchev–Trinajstić information content (AvgIpc) is 1.25. The van der Waals surface area contributed by atoms with Crippen LogP contribution in [-0.4, -0.2) is 26.6 Å². The van der Waals surface area contributed by atoms with E-state index in [0.717, 1.165) is 0 Å². The molecular formula is H8LiNO6S2. The molecule has 0 saturated carbocycles. The van der Waals surface area contributed by atoms with Gasteiger partial charge in [0.25, 0.3) is 22.7 Å². The summed E-state index contributed by atoms with van der Waals surface area (Å²) >= 11 is -5.22. The average molecular weight is 189 g/mol. The van der Waals surface area contributed by atoms with Crippen LogP contribution in [-0.2, 0) is 22.7 Å². The van der Waals surface area contributed by atoms with E-state index in [9.17, 15) is 0 Å². The normalized spacial score (nSPS) is 7.00. The van der Waals surface area contributed by atoms with E-state index >= 15 is 0 Å². The molecule has 0 aromatic heterocycles. The maximum Gasteiger partial charge on any atom is 1.00 e. The van der Waals surface area contributed by atoms with E-state index in [0.29, 0.717) is 0 Å². The molecule has 0 spiro atoms. The van der Waals surface area contributed by atoms with Crippen molar-refractivity contribution in [3.63, 3.8) is 0 Å². The SMILES string of the molecule is N.O=S(O)O.O=S(O)O.[H-].[Li+]. The fourth-order valence-corrected chi connectivity index (χ4v) is 0. The van der Waals surface area contributed by atoms with Crippen LogP contribution in [0.4, 0.5) is 0 Å². The van der Waals surface area contributed by atoms with Gasteiger partial charge in [0, 0.05) is 0 Å². The van der Waals surface area contributed by atoms with Crippen molar-refractivity contribution in [3.8, 4) is 0 Å². The second-order valence-electron chi connectivity index (χ2n) is 0.461. The van der Waals surface area contributed by atoms with E-state index in [1.807, 2.05) is 0 Å². The second kappa shape index (κ2) is 16.4. The first kappa shape index (κ1) is 22.4. The summed E-state index contributed by atoms with van der Waals surface area (Å²) in [5.74, 6) is 0. The molecule has 0 amide bonds. The molecule has 7 N–H and O–H groups in total. The van der Waals surface area contributed by atoms with Crippen LogP contribution < -0.4 is 25.0 Å². The Bertz CT molecular complexity index is 78.6. The Morgan fingerprint density at radius 2 is 0.900 bits per heavy atom. The van der Waals surface area contributed by atoms with Gasteiger partial charge in [-0.3, -0.25) is 18.2 Å². The Labute approximate surface area is 76.1 Å². The Kier molecular flexibility index (Phi) is 36.7. The molecule has 0 rings (SSSR count). The molecule has 0 saturated heterocycles. The minimum atomic E-state index is -2.61. The molecule has 0 aliphatic rings. The largest absolute Gasteiger partial charge is 1.00 e. The van der Waals surface area contributed by atoms with Crippen molar-refractivity contribution in [2.75, 3.05) is 0 Å². The van der Waals surface area contributed by atoms with Gasteiger partial charge in [-0.1, -0.05) is 0 Å². The first-order chi connectivity index (χ1) is 3.46. The number of hydrogen-bond acceptors (Lipinski definition) is 3. The van der Waals surface area contributed by atoms with Crippen LogP contribution in [0.5, 0.6) is 0 Å². The summed E-state index contributed by atoms with van der Waals surface area (Å²) in [6.07, 6.45) is 0. The van der Waals surface area contributed by atoms with Gasteiger partial charge in [-0.2, -0.15) is 8.42 Å². The fraction of sp³-hybridized carbons (Fsp3) is 0. The van der Waals surface area contributed by atoms with Crippen molar-refractivity contribution in [1.82, 2.24) is 6.15 Å². The van der Waals surface area contributed by atoms with E-state index in [1.165, 1.54) is 0 Å². The van der Waals surface area contributed by atoms with Crippen LogP contribution in [0.2, 0.25) is 0 Å². The van der Waals surface area contributed by atoms with Crippen LogP contribution in [0, 0.1) is 0 Å². The topological polar surface area (TPSA) is 150 Å². The third-order valence-corrected chi connectivity index (χ3v) is 0. The van der Waals surface area contributed by atoms with E-state index in [2.05, 4.69) is 0 Å². The van der Waals surface area contributed by atoms with Gasteiger partial charge in [0.1, 0.15) is 0 Å². The molecule has 0 unspecified atom stereocenters. The van der Waals surface area contributed by atoms with Crippen molar-refractivity contribution in [1.29, 1.82) is 0 Å². The summed E-state index contributed by atoms with van der Waals surface area (Å²) < 4.78 is 45.7. The minimum absolute atomic E-state index is 0. The molecule has 0 bridgehead atoms. The monoisotopic (exact) mass is 189 g/mol. The van der Waals surface area contributed by atoms with Gasteiger partial charge in [0.2, 0.25) is 0 Å². The number of hydrogen-bond donors (Lipinski definition) is 5. The maximum atomic E-state index is 8.67. The standard InChI is InChI=1S/Li.H3N.2H2O3S.H/c;;2*1-4(2)3;/h;1H3;2*(H2,1,2,3);/q+1;;;;-1. The van der Waals surface area contributed by atoms with E-state index in [1.54, 1.807) is 0 Å². The third-order valence-electron chi connectivity index (χ3n) is 0. The van der Waals surface area contributed by atoms with Crippen molar-refractivity contribution in [2.45, 2.75) is 0 Å². The van der Waals surface area contributed by atoms with Crippen molar-refractivity contribution in [2.24, 2.45) is 0 Å². The quantitative estimate of drug-likeness (QED) is 0.197. The van der Waals surface area contributed by atoms with Crippen LogP contribution in [0.15, 0.2) is 0 Å². The van der Waals surface area contributed by atoms with Gasteiger partial charge in [-0.15, -0.1) is 0 Å². The molecule has 62 valence electrons. The fourth-order valence-electron chi connectivity index (χ4n) is 0. The minimum Gasteiger partial charge on any atom is -1.00 e. The third kappa shape index (κ3) is 1060. The summed E-state index contributed by atoms with van der Waals surface area (Å²) in [6, 6.07) is 0. The van der Waals surface area contributed by atoms with E-state index in [-0.39, 0.29) is 26.4 Å². The van der Waals surface area contributed by atoms with Crippen LogP contribution >= 0.6 is 0 Å². The molecular weight excluding hydrogens is 181 g/mol. The first-order valence-electron chi connectivity index (χ1n) is 1.06. The van der Waals surface area contributed by atoms with Crippen molar-refractivity contribution in [3.05, 3.63) is 0 Å². The Morgan fingerprint density at radius 3 is 0.900 bits per heavy atom. The molecule has 7 nitrogen and oxygen atoms in total. The molecule has 10 heavy (non-hydrogen) atoms. The molecule has 0 heterocycles. The van der Waals surface area contributed by atoms with E-state index in [4.69, 9.17) is 26.6 Å². The summed E-state index contributed by atoms with van der Waals surface area (Å²) in [6.45, 7) is 0. The zero-order chi connectivity index (χ0) is 7.15. The van der Waals surface area contributed by atoms with Gasteiger partial charge < -0.3 is 7.58 Å². The molecule has 10 heteroatoms. The summed E-state index contributed by atoms with van der Waals surface area (Å²) in [5.41, 5.74) is 0. The zero-order valence-corrected chi connectivity index (χ0v) is 6.76. The molecule has 0 atom stereocenters. The van der Waals surface area contributed by atoms with Crippen LogP contribution in [0.3, 0.4) is 0 Å². The zero-order valence-electron chi connectivity index (χ0n) is 6.13. The smallest absolute Gasteiger partial charge is 1.00 e. The first-order valence-corrected chi connectivity index (χ1v) is 3.19. The summed E-state index contributed by atoms with van der Waals surface area (Å²) in [5, 5.41) is 0. The van der Waals surface area contributed by atoms with Crippen molar-refractivity contribution < 1.29 is 46.9 Å². The molecule has 0 aliphatic carbocycles. The molecule has 0 aromatic carbocycles. The van der Waals surface area contributed by atoms with Gasteiger partial charge >= 0.3 is 18.9 Å². The Morgan fingerprint density at radius 1 is 0.900 bits per heavy atom. The molecule has 0 fully saturated rings. The van der Waals surface area contributed by atoms with Crippen LogP contribution in [0.1, 0.15) is 1.43 Å². The second-order valence-corrected chi connectivity index (χ2v) is 1.38. The van der Waals surface area contributed by atoms with Crippen molar-refractivity contribution >= 4 is 22.7 Å². The maximum absolute atomic E-state index is 8.67. The Hall–Kier alpha value is 0.697. The molecule has 0 radical (unpaired) electrons. The Balaban J connectivity index is -0.0000000171. The van der Waals surface area contributed by atoms with Gasteiger partial charge in [0.15, 0.2) is 0 Å². The predicted molar refractivity (Wildman–Crippen MR) is 32.9 cm³/mol. The van der Waals surface area contributed by atoms with E-state index < -0.39 is 22.7 Å². The van der Waals surface area contributed by atoms with Gasteiger partial charge in [-0.25, -0.2) is 0 Å². The van der Waals surface area contributed by atoms with Gasteiger partial charge in [-0.05, 0) is 0 Å².